The Bertz CT molecular complexity index is 1260. The quantitative estimate of drug-likeness (QED) is 0.583. The van der Waals surface area contributed by atoms with Gasteiger partial charge in [0.1, 0.15) is 12.4 Å². The number of fused-ring (bicyclic) bond motifs is 1. The van der Waals surface area contributed by atoms with Crippen LogP contribution in [0.2, 0.25) is 0 Å². The Balaban J connectivity index is 1.33. The van der Waals surface area contributed by atoms with E-state index in [2.05, 4.69) is 16.7 Å². The Morgan fingerprint density at radius 2 is 1.94 bits per heavy atom. The molecular formula is C21H19F2N5O3. The number of benzene rings is 1. The lowest BCUT2D eigenvalue weighted by Crippen LogP contribution is -2.30. The second-order valence-corrected chi connectivity index (χ2v) is 7.82. The van der Waals surface area contributed by atoms with Crippen molar-refractivity contribution in [3.05, 3.63) is 70.4 Å². The molecule has 1 fully saturated rings. The zero-order valence-corrected chi connectivity index (χ0v) is 16.9. The van der Waals surface area contributed by atoms with Crippen molar-refractivity contribution in [2.45, 2.75) is 25.1 Å². The predicted octanol–water partition coefficient (Wildman–Crippen LogP) is 2.77. The molecule has 1 spiro atoms. The van der Waals surface area contributed by atoms with Gasteiger partial charge in [-0.2, -0.15) is 10.1 Å². The standard InChI is InChI=1S/C21H19F2N5O3/c1-12-7-21(12)11-28-18(27(21)3)6-17(25-20(28)29)30-10-13-4-15(22)19(16(23)5-13)31-14-8-24-26(2)9-14/h4-6,8-9H,1,7,10-11H2,2-3H3. The van der Waals surface area contributed by atoms with E-state index in [0.29, 0.717) is 12.4 Å². The van der Waals surface area contributed by atoms with Crippen LogP contribution in [0, 0.1) is 11.6 Å². The Kier molecular flexibility index (Phi) is 4.14. The van der Waals surface area contributed by atoms with E-state index in [-0.39, 0.29) is 29.3 Å². The predicted molar refractivity (Wildman–Crippen MR) is 107 cm³/mol. The van der Waals surface area contributed by atoms with Crippen LogP contribution in [0.5, 0.6) is 17.4 Å². The highest BCUT2D eigenvalue weighted by atomic mass is 19.1. The minimum atomic E-state index is -0.877. The second kappa shape index (κ2) is 6.66. The van der Waals surface area contributed by atoms with E-state index >= 15 is 0 Å². The molecular weight excluding hydrogens is 408 g/mol. The molecule has 0 saturated heterocycles. The van der Waals surface area contributed by atoms with Crippen molar-refractivity contribution in [3.63, 3.8) is 0 Å². The minimum absolute atomic E-state index is 0.0860. The molecule has 160 valence electrons. The van der Waals surface area contributed by atoms with Crippen molar-refractivity contribution in [1.29, 1.82) is 0 Å². The van der Waals surface area contributed by atoms with Crippen LogP contribution >= 0.6 is 0 Å². The number of rotatable bonds is 5. The molecule has 3 aromatic rings. The summed E-state index contributed by atoms with van der Waals surface area (Å²) in [5.74, 6) is -1.31. The van der Waals surface area contributed by atoms with E-state index in [0.717, 1.165) is 24.1 Å². The van der Waals surface area contributed by atoms with Crippen LogP contribution in [-0.2, 0) is 20.2 Å². The Morgan fingerprint density at radius 3 is 2.55 bits per heavy atom. The van der Waals surface area contributed by atoms with Crippen molar-refractivity contribution < 1.29 is 18.3 Å². The van der Waals surface area contributed by atoms with E-state index in [1.165, 1.54) is 17.1 Å². The van der Waals surface area contributed by atoms with Gasteiger partial charge in [-0.25, -0.2) is 13.6 Å². The van der Waals surface area contributed by atoms with Gasteiger partial charge in [0.25, 0.3) is 0 Å². The van der Waals surface area contributed by atoms with E-state index in [9.17, 15) is 13.6 Å². The summed E-state index contributed by atoms with van der Waals surface area (Å²) in [7, 11) is 3.56. The molecule has 1 unspecified atom stereocenters. The fourth-order valence-corrected chi connectivity index (χ4v) is 3.91. The maximum Gasteiger partial charge on any atom is 0.352 e. The molecule has 0 bridgehead atoms. The van der Waals surface area contributed by atoms with Gasteiger partial charge < -0.3 is 14.4 Å². The van der Waals surface area contributed by atoms with Gasteiger partial charge in [0.2, 0.25) is 5.88 Å². The molecule has 1 saturated carbocycles. The maximum absolute atomic E-state index is 14.4. The number of likely N-dealkylation sites (N-methyl/N-ethyl adjacent to an activating group) is 1. The van der Waals surface area contributed by atoms with Gasteiger partial charge in [-0.05, 0) is 29.7 Å². The number of aryl methyl sites for hydroxylation is 1. The normalized spacial score (nSPS) is 19.1. The maximum atomic E-state index is 14.4. The summed E-state index contributed by atoms with van der Waals surface area (Å²) < 4.78 is 42.7. The lowest BCUT2D eigenvalue weighted by molar-refractivity contribution is 0.289. The molecule has 1 aromatic carbocycles. The van der Waals surface area contributed by atoms with Gasteiger partial charge in [-0.15, -0.1) is 0 Å². The highest BCUT2D eigenvalue weighted by molar-refractivity contribution is 5.59. The molecule has 1 aliphatic carbocycles. The van der Waals surface area contributed by atoms with Gasteiger partial charge in [0, 0.05) is 20.2 Å². The van der Waals surface area contributed by atoms with Crippen molar-refractivity contribution in [3.8, 4) is 17.4 Å². The van der Waals surface area contributed by atoms with Gasteiger partial charge in [0.05, 0.1) is 24.5 Å². The summed E-state index contributed by atoms with van der Waals surface area (Å²) in [6.45, 7) is 4.36. The zero-order valence-electron chi connectivity index (χ0n) is 16.9. The van der Waals surface area contributed by atoms with Crippen molar-refractivity contribution in [2.75, 3.05) is 11.9 Å². The SMILES string of the molecule is C=C1CC12Cn1c(cc(OCc3cc(F)c(Oc4cnn(C)c4)c(F)c3)nc1=O)N2C. The molecule has 0 N–H and O–H groups in total. The smallest absolute Gasteiger partial charge is 0.352 e. The molecule has 10 heteroatoms. The van der Waals surface area contributed by atoms with Crippen LogP contribution in [0.25, 0.3) is 0 Å². The number of ether oxygens (including phenoxy) is 2. The van der Waals surface area contributed by atoms with Gasteiger partial charge in [0.15, 0.2) is 23.1 Å². The van der Waals surface area contributed by atoms with Crippen LogP contribution in [0.3, 0.4) is 0 Å². The lowest BCUT2D eigenvalue weighted by Gasteiger charge is -2.19. The molecule has 2 aliphatic rings. The number of hydrogen-bond acceptors (Lipinski definition) is 6. The summed E-state index contributed by atoms with van der Waals surface area (Å²) in [5.41, 5.74) is 0.646. The number of nitrogens with zero attached hydrogens (tertiary/aromatic N) is 5. The third-order valence-corrected chi connectivity index (χ3v) is 5.76. The van der Waals surface area contributed by atoms with E-state index in [1.54, 1.807) is 17.7 Å². The van der Waals surface area contributed by atoms with Crippen LogP contribution in [-0.4, -0.2) is 31.9 Å². The van der Waals surface area contributed by atoms with Crippen LogP contribution < -0.4 is 20.1 Å². The summed E-state index contributed by atoms with van der Waals surface area (Å²) in [6, 6.07) is 3.88. The zero-order chi connectivity index (χ0) is 21.9. The first-order chi connectivity index (χ1) is 14.8. The monoisotopic (exact) mass is 427 g/mol. The fraction of sp³-hybridized carbons (Fsp3) is 0.286. The molecule has 1 aliphatic heterocycles. The van der Waals surface area contributed by atoms with Crippen molar-refractivity contribution in [1.82, 2.24) is 19.3 Å². The van der Waals surface area contributed by atoms with Crippen LogP contribution in [0.1, 0.15) is 12.0 Å². The van der Waals surface area contributed by atoms with Crippen LogP contribution in [0.4, 0.5) is 14.6 Å². The molecule has 0 radical (unpaired) electrons. The molecule has 0 amide bonds. The summed E-state index contributed by atoms with van der Waals surface area (Å²) in [6.07, 6.45) is 3.67. The summed E-state index contributed by atoms with van der Waals surface area (Å²) >= 11 is 0. The van der Waals surface area contributed by atoms with Crippen molar-refractivity contribution >= 4 is 5.82 Å². The van der Waals surface area contributed by atoms with Gasteiger partial charge >= 0.3 is 5.69 Å². The summed E-state index contributed by atoms with van der Waals surface area (Å²) in [4.78, 5) is 18.3. The minimum Gasteiger partial charge on any atom is -0.473 e. The highest BCUT2D eigenvalue weighted by Crippen LogP contribution is 2.52. The highest BCUT2D eigenvalue weighted by Gasteiger charge is 2.56. The fourth-order valence-electron chi connectivity index (χ4n) is 3.91. The molecule has 5 rings (SSSR count). The second-order valence-electron chi connectivity index (χ2n) is 7.82. The first kappa shape index (κ1) is 19.3. The number of aromatic nitrogens is 4. The van der Waals surface area contributed by atoms with Crippen LogP contribution in [0.15, 0.2) is 47.5 Å². The number of anilines is 1. The Labute approximate surface area is 175 Å². The molecule has 2 aromatic heterocycles. The molecule has 1 atom stereocenters. The largest absolute Gasteiger partial charge is 0.473 e. The summed E-state index contributed by atoms with van der Waals surface area (Å²) in [5, 5.41) is 3.89. The molecule has 31 heavy (non-hydrogen) atoms. The first-order valence-electron chi connectivity index (χ1n) is 9.58. The van der Waals surface area contributed by atoms with E-state index in [1.807, 2.05) is 11.9 Å². The third kappa shape index (κ3) is 3.15. The van der Waals surface area contributed by atoms with E-state index < -0.39 is 23.1 Å². The van der Waals surface area contributed by atoms with Crippen molar-refractivity contribution in [2.24, 2.45) is 7.05 Å². The van der Waals surface area contributed by atoms with E-state index in [4.69, 9.17) is 9.47 Å². The average molecular weight is 427 g/mol. The average Bonchev–Trinajstić information content (AvgIpc) is 3.03. The third-order valence-electron chi connectivity index (χ3n) is 5.76. The molecule has 3 heterocycles. The lowest BCUT2D eigenvalue weighted by atomic mass is 10.2. The topological polar surface area (TPSA) is 74.4 Å². The number of hydrogen-bond donors (Lipinski definition) is 0. The van der Waals surface area contributed by atoms with Gasteiger partial charge in [-0.3, -0.25) is 9.25 Å². The molecule has 8 nitrogen and oxygen atoms in total. The Hall–Kier alpha value is -3.69. The first-order valence-corrected chi connectivity index (χ1v) is 9.58. The number of halogens is 2. The Morgan fingerprint density at radius 1 is 1.23 bits per heavy atom. The van der Waals surface area contributed by atoms with Gasteiger partial charge in [-0.1, -0.05) is 6.58 Å².